The zero-order chi connectivity index (χ0) is 20.9. The van der Waals surface area contributed by atoms with E-state index in [0.717, 1.165) is 11.1 Å². The summed E-state index contributed by atoms with van der Waals surface area (Å²) in [6.07, 6.45) is -0.481. The summed E-state index contributed by atoms with van der Waals surface area (Å²) in [5.74, 6) is -0.164. The van der Waals surface area contributed by atoms with Crippen molar-refractivity contribution in [3.8, 4) is 5.75 Å². The van der Waals surface area contributed by atoms with Crippen LogP contribution in [0, 0.1) is 0 Å². The summed E-state index contributed by atoms with van der Waals surface area (Å²) in [7, 11) is 0. The second-order valence-electron chi connectivity index (χ2n) is 8.03. The highest BCUT2D eigenvalue weighted by atomic mass is 16.5. The zero-order valence-corrected chi connectivity index (χ0v) is 17.0. The highest BCUT2D eigenvalue weighted by molar-refractivity contribution is 6.06. The lowest BCUT2D eigenvalue weighted by molar-refractivity contribution is 0.102. The molecule has 2 aromatic rings. The summed E-state index contributed by atoms with van der Waals surface area (Å²) >= 11 is 0. The van der Waals surface area contributed by atoms with E-state index < -0.39 is 6.09 Å². The van der Waals surface area contributed by atoms with Gasteiger partial charge in [0.05, 0.1) is 5.56 Å². The van der Waals surface area contributed by atoms with Gasteiger partial charge in [0.15, 0.2) is 0 Å². The SMILES string of the molecule is CC(C)c1ccc(C(=O)Nc2ccc(COC(=O)NC(C)(C)C)cc2)c(O)c1. The van der Waals surface area contributed by atoms with Gasteiger partial charge in [-0.25, -0.2) is 4.79 Å². The van der Waals surface area contributed by atoms with Gasteiger partial charge in [-0.05, 0) is 62.1 Å². The number of amides is 2. The quantitative estimate of drug-likeness (QED) is 0.691. The Morgan fingerprint density at radius 3 is 2.25 bits per heavy atom. The Bertz CT molecular complexity index is 837. The second-order valence-corrected chi connectivity index (χ2v) is 8.03. The van der Waals surface area contributed by atoms with E-state index in [-0.39, 0.29) is 35.3 Å². The van der Waals surface area contributed by atoms with Crippen LogP contribution < -0.4 is 10.6 Å². The molecule has 0 radical (unpaired) electrons. The number of phenolic OH excluding ortho intramolecular Hbond substituents is 1. The number of rotatable bonds is 5. The number of aromatic hydroxyl groups is 1. The molecule has 0 bridgehead atoms. The number of hydrogen-bond acceptors (Lipinski definition) is 4. The minimum Gasteiger partial charge on any atom is -0.507 e. The fraction of sp³-hybridized carbons (Fsp3) is 0.364. The van der Waals surface area contributed by atoms with Crippen molar-refractivity contribution in [3.63, 3.8) is 0 Å². The first-order chi connectivity index (χ1) is 13.0. The molecule has 28 heavy (non-hydrogen) atoms. The number of carbonyl (C=O) groups is 2. The van der Waals surface area contributed by atoms with Crippen molar-refractivity contribution in [2.45, 2.75) is 52.7 Å². The molecule has 0 fully saturated rings. The van der Waals surface area contributed by atoms with E-state index in [9.17, 15) is 14.7 Å². The van der Waals surface area contributed by atoms with Crippen LogP contribution in [0.1, 0.15) is 62.0 Å². The molecule has 0 aliphatic heterocycles. The number of anilines is 1. The molecule has 0 spiro atoms. The third-order valence-electron chi connectivity index (χ3n) is 3.99. The number of carbonyl (C=O) groups excluding carboxylic acids is 2. The van der Waals surface area contributed by atoms with Crippen molar-refractivity contribution in [2.24, 2.45) is 0 Å². The lowest BCUT2D eigenvalue weighted by Gasteiger charge is -2.19. The van der Waals surface area contributed by atoms with Crippen molar-refractivity contribution < 1.29 is 19.4 Å². The van der Waals surface area contributed by atoms with Crippen LogP contribution in [-0.4, -0.2) is 22.6 Å². The van der Waals surface area contributed by atoms with Crippen LogP contribution in [-0.2, 0) is 11.3 Å². The Morgan fingerprint density at radius 1 is 1.07 bits per heavy atom. The van der Waals surface area contributed by atoms with E-state index in [1.54, 1.807) is 36.4 Å². The van der Waals surface area contributed by atoms with Gasteiger partial charge in [0.2, 0.25) is 0 Å². The average Bonchev–Trinajstić information content (AvgIpc) is 2.59. The molecule has 2 aromatic carbocycles. The molecule has 0 atom stereocenters. The van der Waals surface area contributed by atoms with Gasteiger partial charge in [0.25, 0.3) is 5.91 Å². The molecule has 6 heteroatoms. The average molecular weight is 384 g/mol. The summed E-state index contributed by atoms with van der Waals surface area (Å²) in [5.41, 5.74) is 2.21. The van der Waals surface area contributed by atoms with Gasteiger partial charge < -0.3 is 20.5 Å². The van der Waals surface area contributed by atoms with Gasteiger partial charge in [-0.3, -0.25) is 4.79 Å². The standard InChI is InChI=1S/C22H28N2O4/c1-14(2)16-8-11-18(19(25)12-16)20(26)23-17-9-6-15(7-10-17)13-28-21(27)24-22(3,4)5/h6-12,14,25H,13H2,1-5H3,(H,23,26)(H,24,27). The Labute approximate surface area is 165 Å². The fourth-order valence-electron chi connectivity index (χ4n) is 2.47. The van der Waals surface area contributed by atoms with Crippen LogP contribution >= 0.6 is 0 Å². The molecule has 0 aromatic heterocycles. The first kappa shape index (κ1) is 21.3. The summed E-state index contributed by atoms with van der Waals surface area (Å²) in [6.45, 7) is 9.80. The van der Waals surface area contributed by atoms with Crippen LogP contribution in [0.5, 0.6) is 5.75 Å². The third kappa shape index (κ3) is 6.30. The first-order valence-corrected chi connectivity index (χ1v) is 9.23. The summed E-state index contributed by atoms with van der Waals surface area (Å²) in [6, 6.07) is 12.0. The Hall–Kier alpha value is -3.02. The van der Waals surface area contributed by atoms with Crippen LogP contribution in [0.2, 0.25) is 0 Å². The number of nitrogens with one attached hydrogen (secondary N) is 2. The second kappa shape index (κ2) is 8.78. The van der Waals surface area contributed by atoms with E-state index in [2.05, 4.69) is 10.6 Å². The first-order valence-electron chi connectivity index (χ1n) is 9.23. The predicted molar refractivity (Wildman–Crippen MR) is 110 cm³/mol. The molecule has 0 aliphatic rings. The van der Waals surface area contributed by atoms with E-state index >= 15 is 0 Å². The van der Waals surface area contributed by atoms with E-state index in [4.69, 9.17) is 4.74 Å². The Balaban J connectivity index is 1.95. The van der Waals surface area contributed by atoms with Crippen molar-refractivity contribution in [3.05, 3.63) is 59.2 Å². The molecule has 0 saturated heterocycles. The minimum atomic E-state index is -0.481. The summed E-state index contributed by atoms with van der Waals surface area (Å²) < 4.78 is 5.17. The molecule has 6 nitrogen and oxygen atoms in total. The van der Waals surface area contributed by atoms with Crippen molar-refractivity contribution >= 4 is 17.7 Å². The van der Waals surface area contributed by atoms with Gasteiger partial charge >= 0.3 is 6.09 Å². The van der Waals surface area contributed by atoms with Gasteiger partial charge in [-0.15, -0.1) is 0 Å². The van der Waals surface area contributed by atoms with E-state index in [1.807, 2.05) is 40.7 Å². The molecule has 2 amide bonds. The Morgan fingerprint density at radius 2 is 1.71 bits per heavy atom. The van der Waals surface area contributed by atoms with Gasteiger partial charge in [0, 0.05) is 11.2 Å². The van der Waals surface area contributed by atoms with Gasteiger partial charge in [-0.1, -0.05) is 32.0 Å². The molecule has 0 unspecified atom stereocenters. The zero-order valence-electron chi connectivity index (χ0n) is 17.0. The van der Waals surface area contributed by atoms with Crippen LogP contribution in [0.15, 0.2) is 42.5 Å². The molecular formula is C22H28N2O4. The van der Waals surface area contributed by atoms with Gasteiger partial charge in [0.1, 0.15) is 12.4 Å². The maximum atomic E-state index is 12.4. The number of alkyl carbamates (subject to hydrolysis) is 1. The van der Waals surface area contributed by atoms with Crippen LogP contribution in [0.3, 0.4) is 0 Å². The highest BCUT2D eigenvalue weighted by Crippen LogP contribution is 2.24. The molecule has 2 rings (SSSR count). The summed E-state index contributed by atoms with van der Waals surface area (Å²) in [5, 5.41) is 15.6. The monoisotopic (exact) mass is 384 g/mol. The third-order valence-corrected chi connectivity index (χ3v) is 3.99. The normalized spacial score (nSPS) is 11.2. The topological polar surface area (TPSA) is 87.7 Å². The smallest absolute Gasteiger partial charge is 0.407 e. The molecule has 0 heterocycles. The van der Waals surface area contributed by atoms with Crippen LogP contribution in [0.4, 0.5) is 10.5 Å². The number of phenols is 1. The fourth-order valence-corrected chi connectivity index (χ4v) is 2.47. The lowest BCUT2D eigenvalue weighted by atomic mass is 10.0. The molecular weight excluding hydrogens is 356 g/mol. The molecule has 150 valence electrons. The minimum absolute atomic E-state index is 0.0430. The predicted octanol–water partition coefficient (Wildman–Crippen LogP) is 4.79. The van der Waals surface area contributed by atoms with E-state index in [1.165, 1.54) is 0 Å². The lowest BCUT2D eigenvalue weighted by Crippen LogP contribution is -2.40. The number of benzene rings is 2. The molecule has 3 N–H and O–H groups in total. The Kier molecular flexibility index (Phi) is 6.67. The van der Waals surface area contributed by atoms with E-state index in [0.29, 0.717) is 5.69 Å². The molecule has 0 aliphatic carbocycles. The van der Waals surface area contributed by atoms with Gasteiger partial charge in [-0.2, -0.15) is 0 Å². The molecule has 0 saturated carbocycles. The largest absolute Gasteiger partial charge is 0.507 e. The maximum absolute atomic E-state index is 12.4. The number of hydrogen-bond donors (Lipinski definition) is 3. The van der Waals surface area contributed by atoms with Crippen molar-refractivity contribution in [2.75, 3.05) is 5.32 Å². The van der Waals surface area contributed by atoms with Crippen molar-refractivity contribution in [1.29, 1.82) is 0 Å². The highest BCUT2D eigenvalue weighted by Gasteiger charge is 2.15. The number of ether oxygens (including phenoxy) is 1. The van der Waals surface area contributed by atoms with Crippen LogP contribution in [0.25, 0.3) is 0 Å². The summed E-state index contributed by atoms with van der Waals surface area (Å²) in [4.78, 5) is 24.1. The van der Waals surface area contributed by atoms with Crippen molar-refractivity contribution in [1.82, 2.24) is 5.32 Å². The maximum Gasteiger partial charge on any atom is 0.407 e.